The van der Waals surface area contributed by atoms with Gasteiger partial charge in [0.1, 0.15) is 0 Å². The van der Waals surface area contributed by atoms with Crippen LogP contribution in [0.4, 0.5) is 5.69 Å². The van der Waals surface area contributed by atoms with Crippen molar-refractivity contribution < 1.29 is 24.5 Å². The van der Waals surface area contributed by atoms with Gasteiger partial charge in [-0.1, -0.05) is 73.7 Å². The number of hydrogen-bond acceptors (Lipinski definition) is 6. The summed E-state index contributed by atoms with van der Waals surface area (Å²) in [6.45, 7) is 2.31. The lowest BCUT2D eigenvalue weighted by Gasteiger charge is -2.36. The first kappa shape index (κ1) is 31.0. The minimum atomic E-state index is -1.82. The van der Waals surface area contributed by atoms with Crippen molar-refractivity contribution in [2.24, 2.45) is 5.92 Å². The van der Waals surface area contributed by atoms with Gasteiger partial charge in [-0.3, -0.25) is 19.0 Å². The third-order valence-corrected chi connectivity index (χ3v) is 9.13. The van der Waals surface area contributed by atoms with Crippen LogP contribution in [0.15, 0.2) is 108 Å². The molecule has 0 saturated carbocycles. The molecule has 0 fully saturated rings. The second-order valence-corrected chi connectivity index (χ2v) is 11.8. The molecular weight excluding hydrogens is 582 g/mol. The van der Waals surface area contributed by atoms with E-state index >= 15 is 0 Å². The maximum atomic E-state index is 14.0. The van der Waals surface area contributed by atoms with Gasteiger partial charge in [-0.05, 0) is 53.4 Å². The summed E-state index contributed by atoms with van der Waals surface area (Å²) < 4.78 is 6.64. The van der Waals surface area contributed by atoms with Crippen molar-refractivity contribution in [3.8, 4) is 11.4 Å². The Hall–Kier alpha value is -4.99. The molecule has 236 valence electrons. The van der Waals surface area contributed by atoms with Crippen LogP contribution in [0, 0.1) is 5.92 Å². The van der Waals surface area contributed by atoms with Gasteiger partial charge in [-0.2, -0.15) is 0 Å². The maximum Gasteiger partial charge on any atom is 0.297 e. The number of carbonyl (C=O) groups excluding carboxylic acids is 2. The van der Waals surface area contributed by atoms with E-state index in [1.54, 1.807) is 71.5 Å². The van der Waals surface area contributed by atoms with E-state index in [2.05, 4.69) is 0 Å². The monoisotopic (exact) mass is 619 g/mol. The predicted molar refractivity (Wildman–Crippen MR) is 175 cm³/mol. The van der Waals surface area contributed by atoms with Gasteiger partial charge in [0.25, 0.3) is 11.5 Å². The van der Waals surface area contributed by atoms with Crippen molar-refractivity contribution in [3.63, 3.8) is 0 Å². The third kappa shape index (κ3) is 5.52. The van der Waals surface area contributed by atoms with E-state index in [0.29, 0.717) is 29.9 Å². The van der Waals surface area contributed by atoms with Crippen LogP contribution in [-0.2, 0) is 34.7 Å². The number of nitrogens with zero attached hydrogens (tertiary/aromatic N) is 3. The highest BCUT2D eigenvalue weighted by atomic mass is 16.5. The Morgan fingerprint density at radius 2 is 1.72 bits per heavy atom. The number of pyridine rings is 1. The lowest BCUT2D eigenvalue weighted by atomic mass is 9.83. The Balaban J connectivity index is 1.17. The molecule has 1 aromatic heterocycles. The fourth-order valence-electron chi connectivity index (χ4n) is 6.51. The molecule has 2 aliphatic rings. The van der Waals surface area contributed by atoms with E-state index in [1.807, 2.05) is 48.5 Å². The van der Waals surface area contributed by atoms with Crippen molar-refractivity contribution >= 4 is 17.5 Å². The number of aromatic nitrogens is 1. The first-order valence-electron chi connectivity index (χ1n) is 15.4. The number of amides is 2. The van der Waals surface area contributed by atoms with E-state index in [9.17, 15) is 24.6 Å². The zero-order valence-corrected chi connectivity index (χ0v) is 25.9. The Morgan fingerprint density at radius 1 is 1.00 bits per heavy atom. The maximum absolute atomic E-state index is 14.0. The topological polar surface area (TPSA) is 112 Å². The van der Waals surface area contributed by atoms with Gasteiger partial charge in [0, 0.05) is 36.3 Å². The molecule has 0 saturated heterocycles. The molecule has 9 heteroatoms. The largest absolute Gasteiger partial charge is 0.491 e. The SMILES string of the molecule is COc1cccn(-c2ccc(CN3C(=O)[C@@](O)([C@@H](C)/C=C/CC(=O)N4Cc5ccccc5C[C@H]4CO)c4ccccc43)cc2)c1=O. The molecule has 6 rings (SSSR count). The van der Waals surface area contributed by atoms with Crippen LogP contribution < -0.4 is 15.2 Å². The van der Waals surface area contributed by atoms with Gasteiger partial charge in [0.2, 0.25) is 5.91 Å². The molecule has 4 aromatic rings. The van der Waals surface area contributed by atoms with Crippen molar-refractivity contribution in [2.45, 2.75) is 44.5 Å². The highest BCUT2D eigenvalue weighted by Crippen LogP contribution is 2.45. The normalized spacial score (nSPS) is 19.7. The fraction of sp³-hybridized carbons (Fsp3) is 0.270. The van der Waals surface area contributed by atoms with Crippen LogP contribution >= 0.6 is 0 Å². The summed E-state index contributed by atoms with van der Waals surface area (Å²) in [5.41, 5.74) is 2.74. The summed E-state index contributed by atoms with van der Waals surface area (Å²) >= 11 is 0. The molecule has 2 N–H and O–H groups in total. The third-order valence-electron chi connectivity index (χ3n) is 9.13. The summed E-state index contributed by atoms with van der Waals surface area (Å²) in [6, 6.07) is 25.5. The molecule has 2 amide bonds. The number of ether oxygens (including phenoxy) is 1. The Labute approximate surface area is 267 Å². The van der Waals surface area contributed by atoms with Crippen molar-refractivity contribution in [2.75, 3.05) is 18.6 Å². The number of anilines is 1. The van der Waals surface area contributed by atoms with Gasteiger partial charge < -0.3 is 24.7 Å². The van der Waals surface area contributed by atoms with Crippen molar-refractivity contribution in [3.05, 3.63) is 136 Å². The fourth-order valence-corrected chi connectivity index (χ4v) is 6.51. The summed E-state index contributed by atoms with van der Waals surface area (Å²) in [5.74, 6) is -0.956. The number of methoxy groups -OCH3 is 1. The number of benzene rings is 3. The highest BCUT2D eigenvalue weighted by molar-refractivity contribution is 6.07. The number of para-hydroxylation sites is 1. The lowest BCUT2D eigenvalue weighted by Crippen LogP contribution is -2.46. The highest BCUT2D eigenvalue weighted by Gasteiger charge is 2.52. The quantitative estimate of drug-likeness (QED) is 0.273. The molecule has 0 radical (unpaired) electrons. The Morgan fingerprint density at radius 3 is 2.46 bits per heavy atom. The molecule has 9 nitrogen and oxygen atoms in total. The summed E-state index contributed by atoms with van der Waals surface area (Å²) in [5, 5.41) is 22.0. The molecule has 3 heterocycles. The second-order valence-electron chi connectivity index (χ2n) is 11.8. The number of aliphatic hydroxyl groups is 2. The summed E-state index contributed by atoms with van der Waals surface area (Å²) in [6.07, 6.45) is 5.78. The van der Waals surface area contributed by atoms with Gasteiger partial charge in [-0.15, -0.1) is 0 Å². The summed E-state index contributed by atoms with van der Waals surface area (Å²) in [4.78, 5) is 43.2. The number of aliphatic hydroxyl groups excluding tert-OH is 1. The van der Waals surface area contributed by atoms with Crippen molar-refractivity contribution in [1.82, 2.24) is 9.47 Å². The first-order chi connectivity index (χ1) is 22.3. The molecule has 3 atom stereocenters. The number of fused-ring (bicyclic) bond motifs is 2. The number of carbonyl (C=O) groups is 2. The van der Waals surface area contributed by atoms with E-state index in [0.717, 1.165) is 16.7 Å². The Kier molecular flexibility index (Phi) is 8.62. The van der Waals surface area contributed by atoms with E-state index in [-0.39, 0.29) is 42.8 Å². The smallest absolute Gasteiger partial charge is 0.297 e. The molecular formula is C37H37N3O6. The first-order valence-corrected chi connectivity index (χ1v) is 15.4. The average molecular weight is 620 g/mol. The van der Waals surface area contributed by atoms with Gasteiger partial charge in [0.15, 0.2) is 11.4 Å². The van der Waals surface area contributed by atoms with Crippen LogP contribution in [0.1, 0.15) is 35.6 Å². The molecule has 0 unspecified atom stereocenters. The molecule has 0 bridgehead atoms. The van der Waals surface area contributed by atoms with E-state index in [4.69, 9.17) is 4.74 Å². The molecule has 0 aliphatic carbocycles. The van der Waals surface area contributed by atoms with E-state index < -0.39 is 17.4 Å². The average Bonchev–Trinajstić information content (AvgIpc) is 3.30. The second kappa shape index (κ2) is 12.8. The van der Waals surface area contributed by atoms with E-state index in [1.165, 1.54) is 11.7 Å². The zero-order valence-electron chi connectivity index (χ0n) is 25.9. The molecule has 2 aliphatic heterocycles. The standard InChI is InChI=1S/C37H37N3O6/c1-25(9-7-15-34(42)39-23-28-11-4-3-10-27(28)21-30(39)24-41)37(45)31-12-5-6-13-32(31)40(36(37)44)22-26-16-18-29(19-17-26)38-20-8-14-33(46-2)35(38)43/h3-14,16-20,25,30,41,45H,15,21-24H2,1-2H3/b9-7+/t25-,30-,37+/m0/s1. The summed E-state index contributed by atoms with van der Waals surface area (Å²) in [7, 11) is 1.45. The Bertz CT molecular complexity index is 1850. The predicted octanol–water partition coefficient (Wildman–Crippen LogP) is 4.11. The zero-order chi connectivity index (χ0) is 32.4. The van der Waals surface area contributed by atoms with Crippen LogP contribution in [0.3, 0.4) is 0 Å². The number of hydrogen-bond donors (Lipinski definition) is 2. The van der Waals surface area contributed by atoms with Crippen LogP contribution in [-0.4, -0.2) is 51.3 Å². The van der Waals surface area contributed by atoms with Gasteiger partial charge in [-0.25, -0.2) is 0 Å². The van der Waals surface area contributed by atoms with Crippen LogP contribution in [0.2, 0.25) is 0 Å². The minimum Gasteiger partial charge on any atom is -0.491 e. The molecule has 46 heavy (non-hydrogen) atoms. The van der Waals surface area contributed by atoms with Crippen molar-refractivity contribution in [1.29, 1.82) is 0 Å². The minimum absolute atomic E-state index is 0.0847. The molecule has 0 spiro atoms. The lowest BCUT2D eigenvalue weighted by molar-refractivity contribution is -0.139. The van der Waals surface area contributed by atoms with Gasteiger partial charge >= 0.3 is 0 Å². The van der Waals surface area contributed by atoms with Crippen LogP contribution in [0.25, 0.3) is 5.69 Å². The molecule has 3 aromatic carbocycles. The number of rotatable bonds is 9. The van der Waals surface area contributed by atoms with Gasteiger partial charge in [0.05, 0.1) is 32.0 Å². The van der Waals surface area contributed by atoms with Crippen LogP contribution in [0.5, 0.6) is 5.75 Å².